The lowest BCUT2D eigenvalue weighted by Crippen LogP contribution is -2.38. The van der Waals surface area contributed by atoms with E-state index in [0.717, 1.165) is 12.2 Å². The maximum Gasteiger partial charge on any atom is 0.225 e. The first-order valence-electron chi connectivity index (χ1n) is 6.89. The van der Waals surface area contributed by atoms with E-state index in [1.165, 1.54) is 5.56 Å². The normalized spacial score (nSPS) is 24.4. The number of ether oxygens (including phenoxy) is 1. The van der Waals surface area contributed by atoms with Crippen molar-refractivity contribution in [1.29, 1.82) is 0 Å². The Hall–Kier alpha value is -2.04. The van der Waals surface area contributed by atoms with Gasteiger partial charge < -0.3 is 15.0 Å². The number of hydrogen-bond acceptors (Lipinski definition) is 3. The molecule has 1 saturated heterocycles. The third-order valence-electron chi connectivity index (χ3n) is 3.93. The van der Waals surface area contributed by atoms with Crippen LogP contribution in [0.4, 0.5) is 0 Å². The van der Waals surface area contributed by atoms with Crippen LogP contribution in [-0.4, -0.2) is 43.0 Å². The Morgan fingerprint density at radius 1 is 1.40 bits per heavy atom. The lowest BCUT2D eigenvalue weighted by molar-refractivity contribution is -0.128. The molecule has 106 valence electrons. The van der Waals surface area contributed by atoms with Crippen LogP contribution in [0.25, 0.3) is 0 Å². The highest BCUT2D eigenvalue weighted by Crippen LogP contribution is 2.27. The summed E-state index contributed by atoms with van der Waals surface area (Å²) in [5.74, 6) is 0.663. The molecular formula is C15H18N2O3. The number of para-hydroxylation sites is 1. The Balaban J connectivity index is 1.49. The Labute approximate surface area is 117 Å². The van der Waals surface area contributed by atoms with Gasteiger partial charge in [0.05, 0.1) is 12.5 Å². The van der Waals surface area contributed by atoms with Gasteiger partial charge in [-0.1, -0.05) is 18.2 Å². The summed E-state index contributed by atoms with van der Waals surface area (Å²) in [6.45, 7) is 0.998. The highest BCUT2D eigenvalue weighted by atomic mass is 16.5. The number of carbonyl (C=O) groups is 2. The number of carbonyl (C=O) groups excluding carboxylic acids is 2. The average molecular weight is 274 g/mol. The summed E-state index contributed by atoms with van der Waals surface area (Å²) in [7, 11) is 1.73. The van der Waals surface area contributed by atoms with E-state index < -0.39 is 0 Å². The van der Waals surface area contributed by atoms with Gasteiger partial charge in [0.2, 0.25) is 11.8 Å². The van der Waals surface area contributed by atoms with Gasteiger partial charge in [-0.05, 0) is 11.6 Å². The van der Waals surface area contributed by atoms with Crippen molar-refractivity contribution in [3.05, 3.63) is 29.8 Å². The molecule has 1 N–H and O–H groups in total. The fourth-order valence-corrected chi connectivity index (χ4v) is 2.77. The molecule has 0 spiro atoms. The largest absolute Gasteiger partial charge is 0.488 e. The van der Waals surface area contributed by atoms with Gasteiger partial charge in [-0.25, -0.2) is 0 Å². The number of benzene rings is 1. The first-order valence-corrected chi connectivity index (χ1v) is 6.89. The molecule has 0 aromatic heterocycles. The summed E-state index contributed by atoms with van der Waals surface area (Å²) in [6.07, 6.45) is 1.12. The van der Waals surface area contributed by atoms with Gasteiger partial charge in [0.25, 0.3) is 0 Å². The second kappa shape index (κ2) is 5.15. The van der Waals surface area contributed by atoms with E-state index in [9.17, 15) is 9.59 Å². The first-order chi connectivity index (χ1) is 9.63. The fourth-order valence-electron chi connectivity index (χ4n) is 2.77. The van der Waals surface area contributed by atoms with Crippen LogP contribution in [0.3, 0.4) is 0 Å². The number of fused-ring (bicyclic) bond motifs is 1. The molecule has 2 amide bonds. The summed E-state index contributed by atoms with van der Waals surface area (Å²) in [6, 6.07) is 7.92. The number of rotatable bonds is 3. The molecule has 5 nitrogen and oxygen atoms in total. The standard InChI is InChI=1S/C15H18N2O3/c1-17-9-11(7-14(17)18)15(19)16-8-12-6-10-4-2-3-5-13(10)20-12/h2-5,11-12H,6-9H2,1H3,(H,16,19)/t11-,12-/m1/s1. The van der Waals surface area contributed by atoms with E-state index >= 15 is 0 Å². The van der Waals surface area contributed by atoms with Crippen LogP contribution in [0.15, 0.2) is 24.3 Å². The second-order valence-corrected chi connectivity index (χ2v) is 5.47. The molecule has 2 aliphatic rings. The maximum absolute atomic E-state index is 12.0. The van der Waals surface area contributed by atoms with Gasteiger partial charge in [0.15, 0.2) is 0 Å². The SMILES string of the molecule is CN1C[C@H](C(=O)NC[C@H]2Cc3ccccc3O2)CC1=O. The highest BCUT2D eigenvalue weighted by Gasteiger charge is 2.32. The molecule has 0 unspecified atom stereocenters. The zero-order valence-electron chi connectivity index (χ0n) is 11.5. The quantitative estimate of drug-likeness (QED) is 0.877. The molecule has 1 fully saturated rings. The van der Waals surface area contributed by atoms with E-state index in [1.807, 2.05) is 24.3 Å². The summed E-state index contributed by atoms with van der Waals surface area (Å²) in [4.78, 5) is 25.0. The van der Waals surface area contributed by atoms with E-state index in [1.54, 1.807) is 11.9 Å². The number of likely N-dealkylation sites (tertiary alicyclic amines) is 1. The van der Waals surface area contributed by atoms with Crippen molar-refractivity contribution in [1.82, 2.24) is 10.2 Å². The van der Waals surface area contributed by atoms with Crippen LogP contribution in [-0.2, 0) is 16.0 Å². The first kappa shape index (κ1) is 13.0. The van der Waals surface area contributed by atoms with Gasteiger partial charge in [-0.15, -0.1) is 0 Å². The molecular weight excluding hydrogens is 256 g/mol. The molecule has 2 aliphatic heterocycles. The van der Waals surface area contributed by atoms with Gasteiger partial charge in [-0.3, -0.25) is 9.59 Å². The number of hydrogen-bond donors (Lipinski definition) is 1. The Bertz CT molecular complexity index is 519. The second-order valence-electron chi connectivity index (χ2n) is 5.47. The van der Waals surface area contributed by atoms with Crippen molar-refractivity contribution in [2.24, 2.45) is 5.92 Å². The lowest BCUT2D eigenvalue weighted by Gasteiger charge is -2.14. The Morgan fingerprint density at radius 2 is 2.20 bits per heavy atom. The van der Waals surface area contributed by atoms with Gasteiger partial charge in [0, 0.05) is 26.4 Å². The highest BCUT2D eigenvalue weighted by molar-refractivity contribution is 5.89. The van der Waals surface area contributed by atoms with Crippen LogP contribution >= 0.6 is 0 Å². The monoisotopic (exact) mass is 274 g/mol. The molecule has 0 aliphatic carbocycles. The zero-order valence-corrected chi connectivity index (χ0v) is 11.5. The summed E-state index contributed by atoms with van der Waals surface area (Å²) in [5.41, 5.74) is 1.18. The minimum absolute atomic E-state index is 0.00816. The van der Waals surface area contributed by atoms with Crippen molar-refractivity contribution in [2.45, 2.75) is 18.9 Å². The van der Waals surface area contributed by atoms with Crippen molar-refractivity contribution in [2.75, 3.05) is 20.1 Å². The minimum Gasteiger partial charge on any atom is -0.488 e. The lowest BCUT2D eigenvalue weighted by atomic mass is 10.1. The molecule has 2 heterocycles. The smallest absolute Gasteiger partial charge is 0.225 e. The molecule has 3 rings (SSSR count). The molecule has 0 bridgehead atoms. The van der Waals surface area contributed by atoms with Crippen LogP contribution < -0.4 is 10.1 Å². The molecule has 2 atom stereocenters. The zero-order chi connectivity index (χ0) is 14.1. The molecule has 0 saturated carbocycles. The van der Waals surface area contributed by atoms with E-state index in [2.05, 4.69) is 5.32 Å². The van der Waals surface area contributed by atoms with E-state index in [-0.39, 0.29) is 23.8 Å². The molecule has 20 heavy (non-hydrogen) atoms. The number of amides is 2. The summed E-state index contributed by atoms with van der Waals surface area (Å²) < 4.78 is 5.77. The van der Waals surface area contributed by atoms with Gasteiger partial charge >= 0.3 is 0 Å². The third kappa shape index (κ3) is 2.48. The van der Waals surface area contributed by atoms with Crippen molar-refractivity contribution in [3.63, 3.8) is 0 Å². The fraction of sp³-hybridized carbons (Fsp3) is 0.467. The molecule has 1 aromatic carbocycles. The summed E-state index contributed by atoms with van der Waals surface area (Å²) >= 11 is 0. The molecule has 0 radical (unpaired) electrons. The third-order valence-corrected chi connectivity index (χ3v) is 3.93. The van der Waals surface area contributed by atoms with Crippen molar-refractivity contribution >= 4 is 11.8 Å². The van der Waals surface area contributed by atoms with E-state index in [0.29, 0.717) is 19.5 Å². The van der Waals surface area contributed by atoms with Crippen LogP contribution in [0.5, 0.6) is 5.75 Å². The predicted octanol–water partition coefficient (Wildman–Crippen LogP) is 0.585. The Morgan fingerprint density at radius 3 is 2.90 bits per heavy atom. The molecule has 1 aromatic rings. The van der Waals surface area contributed by atoms with Crippen LogP contribution in [0, 0.1) is 5.92 Å². The summed E-state index contributed by atoms with van der Waals surface area (Å²) in [5, 5.41) is 2.90. The average Bonchev–Trinajstić information content (AvgIpc) is 3.00. The van der Waals surface area contributed by atoms with Gasteiger partial charge in [-0.2, -0.15) is 0 Å². The van der Waals surface area contributed by atoms with Crippen molar-refractivity contribution in [3.8, 4) is 5.75 Å². The maximum atomic E-state index is 12.0. The molecule has 5 heteroatoms. The van der Waals surface area contributed by atoms with Crippen molar-refractivity contribution < 1.29 is 14.3 Å². The predicted molar refractivity (Wildman–Crippen MR) is 73.3 cm³/mol. The van der Waals surface area contributed by atoms with Gasteiger partial charge in [0.1, 0.15) is 11.9 Å². The van der Waals surface area contributed by atoms with Crippen LogP contribution in [0.2, 0.25) is 0 Å². The van der Waals surface area contributed by atoms with E-state index in [4.69, 9.17) is 4.74 Å². The van der Waals surface area contributed by atoms with Crippen LogP contribution in [0.1, 0.15) is 12.0 Å². The topological polar surface area (TPSA) is 58.6 Å². The number of nitrogens with one attached hydrogen (secondary N) is 1. The number of nitrogens with zero attached hydrogens (tertiary/aromatic N) is 1. The minimum atomic E-state index is -0.226. The Kier molecular flexibility index (Phi) is 3.34.